The van der Waals surface area contributed by atoms with Crippen LogP contribution in [0, 0.1) is 0 Å². The van der Waals surface area contributed by atoms with Gasteiger partial charge in [-0.25, -0.2) is 9.69 Å². The molecule has 0 atom stereocenters. The number of nitrogen functional groups attached to an aromatic ring is 1. The molecule has 3 N–H and O–H groups in total. The molecule has 1 fully saturated rings. The van der Waals surface area contributed by atoms with Gasteiger partial charge in [0, 0.05) is 10.2 Å². The van der Waals surface area contributed by atoms with Crippen LogP contribution in [0.25, 0.3) is 0 Å². The quantitative estimate of drug-likeness (QED) is 0.592. The number of hydrogen-bond acceptors (Lipinski definition) is 3. The van der Waals surface area contributed by atoms with Crippen LogP contribution >= 0.6 is 15.9 Å². The summed E-state index contributed by atoms with van der Waals surface area (Å²) in [6.07, 6.45) is 0. The average molecular weight is 270 g/mol. The summed E-state index contributed by atoms with van der Waals surface area (Å²) in [7, 11) is 0. The molecule has 15 heavy (non-hydrogen) atoms. The van der Waals surface area contributed by atoms with Gasteiger partial charge in [-0.2, -0.15) is 0 Å². The summed E-state index contributed by atoms with van der Waals surface area (Å²) in [4.78, 5) is 23.8. The number of imide groups is 1. The fourth-order valence-electron chi connectivity index (χ4n) is 1.34. The summed E-state index contributed by atoms with van der Waals surface area (Å²) in [5.41, 5.74) is 6.68. The lowest BCUT2D eigenvalue weighted by Gasteiger charge is -2.13. The maximum atomic E-state index is 11.4. The predicted molar refractivity (Wildman–Crippen MR) is 59.4 cm³/mol. The number of halogens is 1. The van der Waals surface area contributed by atoms with Gasteiger partial charge in [0.1, 0.15) is 0 Å². The van der Waals surface area contributed by atoms with Crippen molar-refractivity contribution in [1.82, 2.24) is 5.32 Å². The Kier molecular flexibility index (Phi) is 2.36. The van der Waals surface area contributed by atoms with E-state index in [9.17, 15) is 9.59 Å². The van der Waals surface area contributed by atoms with Crippen LogP contribution in [0.15, 0.2) is 22.7 Å². The zero-order valence-corrected chi connectivity index (χ0v) is 9.24. The largest absolute Gasteiger partial charge is 0.398 e. The van der Waals surface area contributed by atoms with Gasteiger partial charge in [-0.05, 0) is 34.1 Å². The van der Waals surface area contributed by atoms with Crippen LogP contribution in [0.4, 0.5) is 16.2 Å². The van der Waals surface area contributed by atoms with Crippen LogP contribution in [0.5, 0.6) is 0 Å². The molecule has 0 aliphatic carbocycles. The molecule has 0 radical (unpaired) electrons. The number of nitrogens with zero attached hydrogens (tertiary/aromatic N) is 1. The van der Waals surface area contributed by atoms with Crippen LogP contribution in [0.1, 0.15) is 0 Å². The summed E-state index contributed by atoms with van der Waals surface area (Å²) in [5, 5.41) is 2.44. The van der Waals surface area contributed by atoms with E-state index < -0.39 is 6.03 Å². The molecule has 0 spiro atoms. The number of urea groups is 1. The highest BCUT2D eigenvalue weighted by Crippen LogP contribution is 2.26. The van der Waals surface area contributed by atoms with E-state index in [1.54, 1.807) is 18.2 Å². The molecule has 0 aromatic heterocycles. The van der Waals surface area contributed by atoms with E-state index in [1.165, 1.54) is 0 Å². The first-order chi connectivity index (χ1) is 7.09. The van der Waals surface area contributed by atoms with Crippen LogP contribution in [-0.2, 0) is 4.79 Å². The Morgan fingerprint density at radius 1 is 1.40 bits per heavy atom. The number of nitrogens with one attached hydrogen (secondary N) is 1. The molecule has 1 aromatic rings. The van der Waals surface area contributed by atoms with Crippen molar-refractivity contribution in [1.29, 1.82) is 0 Å². The van der Waals surface area contributed by atoms with Crippen LogP contribution in [0.3, 0.4) is 0 Å². The standard InChI is InChI=1S/C9H8BrN3O2/c10-6-3-5(1-2-7(6)11)13-8(14)4-12-9(13)15/h1-3H,4,11H2,(H,12,15). The maximum Gasteiger partial charge on any atom is 0.329 e. The Morgan fingerprint density at radius 2 is 2.13 bits per heavy atom. The second-order valence-corrected chi connectivity index (χ2v) is 3.95. The summed E-state index contributed by atoms with van der Waals surface area (Å²) < 4.78 is 0.660. The minimum absolute atomic E-state index is 0.0425. The molecular weight excluding hydrogens is 262 g/mol. The van der Waals surface area contributed by atoms with Gasteiger partial charge >= 0.3 is 6.03 Å². The SMILES string of the molecule is Nc1ccc(N2C(=O)CNC2=O)cc1Br. The van der Waals surface area contributed by atoms with E-state index in [4.69, 9.17) is 5.73 Å². The van der Waals surface area contributed by atoms with E-state index >= 15 is 0 Å². The number of carbonyl (C=O) groups is 2. The first-order valence-electron chi connectivity index (χ1n) is 4.25. The second kappa shape index (κ2) is 3.54. The first-order valence-corrected chi connectivity index (χ1v) is 5.04. The average Bonchev–Trinajstić information content (AvgIpc) is 2.52. The highest BCUT2D eigenvalue weighted by atomic mass is 79.9. The molecule has 0 unspecified atom stereocenters. The van der Waals surface area contributed by atoms with E-state index in [0.29, 0.717) is 15.8 Å². The third-order valence-corrected chi connectivity index (χ3v) is 2.77. The lowest BCUT2D eigenvalue weighted by atomic mass is 10.2. The lowest BCUT2D eigenvalue weighted by Crippen LogP contribution is -2.30. The normalized spacial score (nSPS) is 15.7. The summed E-state index contributed by atoms with van der Waals surface area (Å²) in [6, 6.07) is 4.50. The van der Waals surface area contributed by atoms with E-state index in [1.807, 2.05) is 0 Å². The molecule has 0 bridgehead atoms. The van der Waals surface area contributed by atoms with Crippen LogP contribution < -0.4 is 16.0 Å². The molecular formula is C9H8BrN3O2. The van der Waals surface area contributed by atoms with Crippen molar-refractivity contribution in [2.45, 2.75) is 0 Å². The van der Waals surface area contributed by atoms with E-state index in [-0.39, 0.29) is 12.5 Å². The van der Waals surface area contributed by atoms with Crippen LogP contribution in [-0.4, -0.2) is 18.5 Å². The van der Waals surface area contributed by atoms with Crippen molar-refractivity contribution in [3.05, 3.63) is 22.7 Å². The zero-order valence-electron chi connectivity index (χ0n) is 7.66. The number of nitrogens with two attached hydrogens (primary N) is 1. The number of amides is 3. The molecule has 1 aromatic carbocycles. The predicted octanol–water partition coefficient (Wildman–Crippen LogP) is 1.09. The van der Waals surface area contributed by atoms with E-state index in [0.717, 1.165) is 4.90 Å². The van der Waals surface area contributed by atoms with Gasteiger partial charge in [-0.1, -0.05) is 0 Å². The van der Waals surface area contributed by atoms with Gasteiger partial charge in [0.25, 0.3) is 5.91 Å². The second-order valence-electron chi connectivity index (χ2n) is 3.09. The molecule has 6 heteroatoms. The zero-order chi connectivity index (χ0) is 11.0. The minimum Gasteiger partial charge on any atom is -0.398 e. The van der Waals surface area contributed by atoms with Crippen molar-refractivity contribution >= 4 is 39.2 Å². The molecule has 5 nitrogen and oxygen atoms in total. The minimum atomic E-state index is -0.406. The number of benzene rings is 1. The Morgan fingerprint density at radius 3 is 2.67 bits per heavy atom. The molecule has 1 aliphatic heterocycles. The van der Waals surface area contributed by atoms with Crippen molar-refractivity contribution in [2.24, 2.45) is 0 Å². The topological polar surface area (TPSA) is 75.4 Å². The third kappa shape index (κ3) is 1.68. The monoisotopic (exact) mass is 269 g/mol. The summed E-state index contributed by atoms with van der Waals surface area (Å²) in [6.45, 7) is 0.0425. The van der Waals surface area contributed by atoms with Gasteiger partial charge in [0.2, 0.25) is 0 Å². The molecule has 2 rings (SSSR count). The molecule has 3 amide bonds. The fraction of sp³-hybridized carbons (Fsp3) is 0.111. The molecule has 1 aliphatic rings. The fourth-order valence-corrected chi connectivity index (χ4v) is 1.71. The highest BCUT2D eigenvalue weighted by Gasteiger charge is 2.29. The van der Waals surface area contributed by atoms with Gasteiger partial charge < -0.3 is 11.1 Å². The number of rotatable bonds is 1. The molecule has 0 saturated carbocycles. The Labute approximate surface area is 94.4 Å². The molecule has 1 heterocycles. The van der Waals surface area contributed by atoms with E-state index in [2.05, 4.69) is 21.2 Å². The summed E-state index contributed by atoms with van der Waals surface area (Å²) in [5.74, 6) is -0.267. The third-order valence-electron chi connectivity index (χ3n) is 2.09. The Balaban J connectivity index is 2.41. The maximum absolute atomic E-state index is 11.4. The van der Waals surface area contributed by atoms with Gasteiger partial charge in [0.15, 0.2) is 0 Å². The van der Waals surface area contributed by atoms with Gasteiger partial charge in [-0.15, -0.1) is 0 Å². The Hall–Kier alpha value is -1.56. The van der Waals surface area contributed by atoms with Gasteiger partial charge in [-0.3, -0.25) is 4.79 Å². The van der Waals surface area contributed by atoms with Gasteiger partial charge in [0.05, 0.1) is 12.2 Å². The number of anilines is 2. The van der Waals surface area contributed by atoms with Crippen molar-refractivity contribution in [2.75, 3.05) is 17.2 Å². The first kappa shape index (κ1) is 9.97. The molecule has 78 valence electrons. The molecule has 1 saturated heterocycles. The highest BCUT2D eigenvalue weighted by molar-refractivity contribution is 9.10. The van der Waals surface area contributed by atoms with Crippen molar-refractivity contribution in [3.63, 3.8) is 0 Å². The van der Waals surface area contributed by atoms with Crippen molar-refractivity contribution in [3.8, 4) is 0 Å². The summed E-state index contributed by atoms with van der Waals surface area (Å²) >= 11 is 3.24. The smallest absolute Gasteiger partial charge is 0.329 e. The van der Waals surface area contributed by atoms with Crippen molar-refractivity contribution < 1.29 is 9.59 Å². The number of hydrogen-bond donors (Lipinski definition) is 2. The number of carbonyl (C=O) groups excluding carboxylic acids is 2. The Bertz CT molecular complexity index is 431. The lowest BCUT2D eigenvalue weighted by molar-refractivity contribution is -0.115. The van der Waals surface area contributed by atoms with Crippen LogP contribution in [0.2, 0.25) is 0 Å².